The van der Waals surface area contributed by atoms with Crippen LogP contribution < -0.4 is 5.32 Å². The number of pyridine rings is 1. The summed E-state index contributed by atoms with van der Waals surface area (Å²) >= 11 is 0. The van der Waals surface area contributed by atoms with Gasteiger partial charge in [0.1, 0.15) is 0 Å². The Balaban J connectivity index is 2.03. The smallest absolute Gasteiger partial charge is 0.412 e. The predicted molar refractivity (Wildman–Crippen MR) is 62.9 cm³/mol. The van der Waals surface area contributed by atoms with Crippen LogP contribution in [0.15, 0.2) is 18.5 Å². The van der Waals surface area contributed by atoms with E-state index in [9.17, 15) is 9.59 Å². The molecular formula is C12H13N3O3. The summed E-state index contributed by atoms with van der Waals surface area (Å²) in [5.74, 6) is -0.00272. The molecule has 0 aromatic carbocycles. The molecule has 0 aliphatic carbocycles. The minimum atomic E-state index is -0.716. The van der Waals surface area contributed by atoms with Gasteiger partial charge in [0.05, 0.1) is 18.4 Å². The van der Waals surface area contributed by atoms with E-state index < -0.39 is 11.7 Å². The number of nitrogens with one attached hydrogen (secondary N) is 1. The molecule has 94 valence electrons. The predicted octanol–water partition coefficient (Wildman–Crippen LogP) is 1.09. The van der Waals surface area contributed by atoms with E-state index >= 15 is 0 Å². The second-order valence-corrected chi connectivity index (χ2v) is 4.62. The van der Waals surface area contributed by atoms with E-state index in [2.05, 4.69) is 10.3 Å². The van der Waals surface area contributed by atoms with Crippen LogP contribution in [-0.4, -0.2) is 35.0 Å². The van der Waals surface area contributed by atoms with Crippen molar-refractivity contribution in [3.8, 4) is 0 Å². The topological polar surface area (TPSA) is 71.5 Å². The molecule has 0 saturated carbocycles. The molecule has 0 radical (unpaired) electrons. The minimum Gasteiger partial charge on any atom is -0.436 e. The van der Waals surface area contributed by atoms with E-state index in [1.54, 1.807) is 17.3 Å². The molecular weight excluding hydrogens is 234 g/mol. The number of hydrogen-bond donors (Lipinski definition) is 1. The average Bonchev–Trinajstić information content (AvgIpc) is 2.74. The maximum atomic E-state index is 11.6. The van der Waals surface area contributed by atoms with Crippen LogP contribution in [0, 0.1) is 0 Å². The zero-order valence-corrected chi connectivity index (χ0v) is 9.97. The maximum Gasteiger partial charge on any atom is 0.412 e. The van der Waals surface area contributed by atoms with Crippen molar-refractivity contribution >= 4 is 17.7 Å². The molecule has 1 aromatic heterocycles. The van der Waals surface area contributed by atoms with Gasteiger partial charge in [-0.3, -0.25) is 15.1 Å². The fourth-order valence-corrected chi connectivity index (χ4v) is 2.61. The van der Waals surface area contributed by atoms with Crippen LogP contribution in [0.3, 0.4) is 0 Å². The highest BCUT2D eigenvalue weighted by atomic mass is 16.6. The minimum absolute atomic E-state index is 0.00272. The van der Waals surface area contributed by atoms with E-state index in [-0.39, 0.29) is 5.91 Å². The second-order valence-electron chi connectivity index (χ2n) is 4.62. The van der Waals surface area contributed by atoms with Crippen LogP contribution in [0.5, 0.6) is 0 Å². The fraction of sp³-hybridized carbons (Fsp3) is 0.417. The zero-order chi connectivity index (χ0) is 12.8. The molecule has 18 heavy (non-hydrogen) atoms. The third-order valence-corrected chi connectivity index (χ3v) is 3.51. The lowest BCUT2D eigenvalue weighted by Crippen LogP contribution is -2.42. The summed E-state index contributed by atoms with van der Waals surface area (Å²) in [7, 11) is 0. The van der Waals surface area contributed by atoms with Gasteiger partial charge in [0.15, 0.2) is 5.60 Å². The Morgan fingerprint density at radius 2 is 2.44 bits per heavy atom. The van der Waals surface area contributed by atoms with Gasteiger partial charge in [-0.05, 0) is 6.07 Å². The molecule has 1 unspecified atom stereocenters. The Labute approximate surface area is 104 Å². The zero-order valence-electron chi connectivity index (χ0n) is 9.97. The van der Waals surface area contributed by atoms with Crippen LogP contribution in [0.1, 0.15) is 18.9 Å². The largest absolute Gasteiger partial charge is 0.436 e. The SMILES string of the molecule is CC(=O)N1CCC2(C1)OC(=O)Nc1cnccc12. The van der Waals surface area contributed by atoms with Crippen molar-refractivity contribution < 1.29 is 14.3 Å². The Kier molecular flexibility index (Phi) is 2.26. The van der Waals surface area contributed by atoms with Crippen molar-refractivity contribution in [3.63, 3.8) is 0 Å². The lowest BCUT2D eigenvalue weighted by Gasteiger charge is -2.34. The molecule has 2 amide bonds. The van der Waals surface area contributed by atoms with Crippen LogP contribution in [0.4, 0.5) is 10.5 Å². The van der Waals surface area contributed by atoms with Gasteiger partial charge in [-0.2, -0.15) is 0 Å². The van der Waals surface area contributed by atoms with E-state index in [4.69, 9.17) is 4.74 Å². The van der Waals surface area contributed by atoms with Gasteiger partial charge >= 0.3 is 6.09 Å². The van der Waals surface area contributed by atoms with Crippen molar-refractivity contribution in [1.82, 2.24) is 9.88 Å². The third-order valence-electron chi connectivity index (χ3n) is 3.51. The normalized spacial score (nSPS) is 25.6. The number of anilines is 1. The number of likely N-dealkylation sites (tertiary alicyclic amines) is 1. The van der Waals surface area contributed by atoms with Gasteiger partial charge in [0, 0.05) is 31.6 Å². The molecule has 1 atom stereocenters. The molecule has 0 bridgehead atoms. The van der Waals surface area contributed by atoms with Crippen molar-refractivity contribution in [2.75, 3.05) is 18.4 Å². The van der Waals surface area contributed by atoms with Crippen molar-refractivity contribution in [3.05, 3.63) is 24.0 Å². The van der Waals surface area contributed by atoms with Crippen LogP contribution >= 0.6 is 0 Å². The van der Waals surface area contributed by atoms with E-state index in [0.29, 0.717) is 25.2 Å². The van der Waals surface area contributed by atoms with Gasteiger partial charge in [-0.25, -0.2) is 4.79 Å². The van der Waals surface area contributed by atoms with Gasteiger partial charge in [-0.1, -0.05) is 0 Å². The van der Waals surface area contributed by atoms with Crippen LogP contribution in [0.25, 0.3) is 0 Å². The molecule has 1 fully saturated rings. The first-order valence-electron chi connectivity index (χ1n) is 5.81. The molecule has 3 rings (SSSR count). The lowest BCUT2D eigenvalue weighted by atomic mass is 9.91. The first-order chi connectivity index (χ1) is 8.61. The summed E-state index contributed by atoms with van der Waals surface area (Å²) in [6.07, 6.45) is 3.41. The molecule has 1 saturated heterocycles. The Morgan fingerprint density at radius 3 is 3.17 bits per heavy atom. The quantitative estimate of drug-likeness (QED) is 0.745. The number of rotatable bonds is 0. The molecule has 1 spiro atoms. The third kappa shape index (κ3) is 1.53. The standard InChI is InChI=1S/C12H13N3O3/c1-8(16)15-5-3-12(7-15)9-2-4-13-6-10(9)14-11(17)18-12/h2,4,6H,3,5,7H2,1H3,(H,14,17). The van der Waals surface area contributed by atoms with E-state index in [1.807, 2.05) is 6.07 Å². The number of fused-ring (bicyclic) bond motifs is 2. The average molecular weight is 247 g/mol. The summed E-state index contributed by atoms with van der Waals surface area (Å²) in [5, 5.41) is 2.63. The number of carbonyl (C=O) groups excluding carboxylic acids is 2. The first-order valence-corrected chi connectivity index (χ1v) is 5.81. The molecule has 6 heteroatoms. The molecule has 2 aliphatic heterocycles. The maximum absolute atomic E-state index is 11.6. The molecule has 1 aromatic rings. The van der Waals surface area contributed by atoms with Gasteiger partial charge in [0.25, 0.3) is 0 Å². The van der Waals surface area contributed by atoms with Gasteiger partial charge < -0.3 is 9.64 Å². The highest BCUT2D eigenvalue weighted by Crippen LogP contribution is 2.42. The van der Waals surface area contributed by atoms with Crippen molar-refractivity contribution in [2.45, 2.75) is 18.9 Å². The fourth-order valence-electron chi connectivity index (χ4n) is 2.61. The van der Waals surface area contributed by atoms with Crippen LogP contribution in [0.2, 0.25) is 0 Å². The molecule has 1 N–H and O–H groups in total. The summed E-state index contributed by atoms with van der Waals surface area (Å²) in [5.41, 5.74) is 0.840. The summed E-state index contributed by atoms with van der Waals surface area (Å²) in [4.78, 5) is 28.7. The molecule has 3 heterocycles. The number of carbonyl (C=O) groups is 2. The summed E-state index contributed by atoms with van der Waals surface area (Å²) in [6.45, 7) is 2.53. The van der Waals surface area contributed by atoms with Gasteiger partial charge in [-0.15, -0.1) is 0 Å². The Bertz CT molecular complexity index is 531. The summed E-state index contributed by atoms with van der Waals surface area (Å²) < 4.78 is 5.47. The number of nitrogens with zero attached hydrogens (tertiary/aromatic N) is 2. The van der Waals surface area contributed by atoms with Crippen molar-refractivity contribution in [1.29, 1.82) is 0 Å². The number of hydrogen-bond acceptors (Lipinski definition) is 4. The van der Waals surface area contributed by atoms with Gasteiger partial charge in [0.2, 0.25) is 5.91 Å². The monoisotopic (exact) mass is 247 g/mol. The Morgan fingerprint density at radius 1 is 1.61 bits per heavy atom. The van der Waals surface area contributed by atoms with E-state index in [1.165, 1.54) is 6.92 Å². The highest BCUT2D eigenvalue weighted by molar-refractivity contribution is 5.88. The first kappa shape index (κ1) is 11.0. The number of ether oxygens (including phenoxy) is 1. The van der Waals surface area contributed by atoms with Crippen LogP contribution in [-0.2, 0) is 15.1 Å². The van der Waals surface area contributed by atoms with Crippen molar-refractivity contribution in [2.24, 2.45) is 0 Å². The number of amides is 2. The lowest BCUT2D eigenvalue weighted by molar-refractivity contribution is -0.128. The molecule has 2 aliphatic rings. The van der Waals surface area contributed by atoms with E-state index in [0.717, 1.165) is 5.56 Å². The Hall–Kier alpha value is -2.11. The number of aromatic nitrogens is 1. The molecule has 6 nitrogen and oxygen atoms in total. The summed E-state index contributed by atoms with van der Waals surface area (Å²) in [6, 6.07) is 1.83. The highest BCUT2D eigenvalue weighted by Gasteiger charge is 2.47. The second kappa shape index (κ2) is 3.69.